The topological polar surface area (TPSA) is 26.0 Å². The lowest BCUT2D eigenvalue weighted by Gasteiger charge is -2.33. The molecule has 2 N–H and O–H groups in total. The largest absolute Gasteiger partial charge is 0.327 e. The van der Waals surface area contributed by atoms with Crippen molar-refractivity contribution in [2.24, 2.45) is 11.7 Å². The van der Waals surface area contributed by atoms with Crippen LogP contribution in [0.2, 0.25) is 5.02 Å². The Balaban J connectivity index is 2.01. The van der Waals surface area contributed by atoms with Gasteiger partial charge in [-0.25, -0.2) is 0 Å². The number of benzene rings is 1. The fourth-order valence-electron chi connectivity index (χ4n) is 1.81. The van der Waals surface area contributed by atoms with Gasteiger partial charge in [0.1, 0.15) is 0 Å². The minimum Gasteiger partial charge on any atom is -0.327 e. The second kappa shape index (κ2) is 3.69. The predicted molar refractivity (Wildman–Crippen MR) is 55.9 cm³/mol. The zero-order valence-corrected chi connectivity index (χ0v) is 8.30. The molecule has 0 radical (unpaired) electrons. The van der Waals surface area contributed by atoms with Crippen molar-refractivity contribution in [3.05, 3.63) is 34.9 Å². The summed E-state index contributed by atoms with van der Waals surface area (Å²) in [7, 11) is 0. The van der Waals surface area contributed by atoms with Crippen LogP contribution < -0.4 is 5.73 Å². The minimum atomic E-state index is 0.416. The molecule has 2 rings (SSSR count). The van der Waals surface area contributed by atoms with Gasteiger partial charge in [-0.3, -0.25) is 0 Å². The molecule has 0 spiro atoms. The molecule has 1 saturated carbocycles. The molecule has 1 aliphatic rings. The molecule has 1 aliphatic carbocycles. The van der Waals surface area contributed by atoms with Gasteiger partial charge >= 0.3 is 0 Å². The van der Waals surface area contributed by atoms with Crippen molar-refractivity contribution >= 4 is 11.6 Å². The number of hydrogen-bond donors (Lipinski definition) is 1. The van der Waals surface area contributed by atoms with Crippen LogP contribution in [0.3, 0.4) is 0 Å². The lowest BCUT2D eigenvalue weighted by molar-refractivity contribution is 0.256. The van der Waals surface area contributed by atoms with Crippen molar-refractivity contribution in [2.75, 3.05) is 0 Å². The standard InChI is InChI=1S/C11H14ClN/c12-10-3-1-2-8(7-10)6-9-4-5-11(9)13/h1-3,7,9,11H,4-6,13H2. The van der Waals surface area contributed by atoms with Gasteiger partial charge in [-0.05, 0) is 42.9 Å². The van der Waals surface area contributed by atoms with Crippen LogP contribution in [0.1, 0.15) is 18.4 Å². The van der Waals surface area contributed by atoms with Gasteiger partial charge in [-0.15, -0.1) is 0 Å². The Bertz CT molecular complexity index is 298. The van der Waals surface area contributed by atoms with Gasteiger partial charge in [-0.1, -0.05) is 23.7 Å². The van der Waals surface area contributed by atoms with Gasteiger partial charge in [0.05, 0.1) is 0 Å². The summed E-state index contributed by atoms with van der Waals surface area (Å²) in [5.41, 5.74) is 7.19. The Kier molecular flexibility index (Phi) is 2.56. The molecule has 2 atom stereocenters. The zero-order chi connectivity index (χ0) is 9.26. The molecule has 1 nitrogen and oxygen atoms in total. The summed E-state index contributed by atoms with van der Waals surface area (Å²) in [6.07, 6.45) is 3.54. The number of hydrogen-bond acceptors (Lipinski definition) is 1. The lowest BCUT2D eigenvalue weighted by Crippen LogP contribution is -2.40. The number of halogens is 1. The maximum Gasteiger partial charge on any atom is 0.0408 e. The third-order valence-electron chi connectivity index (χ3n) is 2.86. The average Bonchev–Trinajstić information content (AvgIpc) is 2.12. The van der Waals surface area contributed by atoms with Crippen LogP contribution in [0, 0.1) is 5.92 Å². The molecule has 70 valence electrons. The molecule has 1 fully saturated rings. The molecule has 0 bridgehead atoms. The van der Waals surface area contributed by atoms with Crippen LogP contribution in [0.25, 0.3) is 0 Å². The van der Waals surface area contributed by atoms with Gasteiger partial charge in [-0.2, -0.15) is 0 Å². The Morgan fingerprint density at radius 3 is 2.77 bits per heavy atom. The Morgan fingerprint density at radius 2 is 2.23 bits per heavy atom. The summed E-state index contributed by atoms with van der Waals surface area (Å²) in [4.78, 5) is 0. The SMILES string of the molecule is NC1CCC1Cc1cccc(Cl)c1. The molecular weight excluding hydrogens is 182 g/mol. The van der Waals surface area contributed by atoms with Crippen LogP contribution in [0.4, 0.5) is 0 Å². The van der Waals surface area contributed by atoms with E-state index in [0.717, 1.165) is 11.4 Å². The fourth-order valence-corrected chi connectivity index (χ4v) is 2.03. The predicted octanol–water partition coefficient (Wildman–Crippen LogP) is 2.62. The maximum absolute atomic E-state index is 5.89. The van der Waals surface area contributed by atoms with E-state index in [1.807, 2.05) is 18.2 Å². The van der Waals surface area contributed by atoms with Crippen LogP contribution in [-0.2, 0) is 6.42 Å². The zero-order valence-electron chi connectivity index (χ0n) is 7.54. The second-order valence-corrected chi connectivity index (χ2v) is 4.27. The third-order valence-corrected chi connectivity index (χ3v) is 3.10. The second-order valence-electron chi connectivity index (χ2n) is 3.84. The smallest absolute Gasteiger partial charge is 0.0408 e. The molecule has 0 heterocycles. The highest BCUT2D eigenvalue weighted by Gasteiger charge is 2.26. The Hall–Kier alpha value is -0.530. The summed E-state index contributed by atoms with van der Waals surface area (Å²) in [6, 6.07) is 8.48. The normalized spacial score (nSPS) is 26.9. The minimum absolute atomic E-state index is 0.416. The van der Waals surface area contributed by atoms with Crippen molar-refractivity contribution in [1.82, 2.24) is 0 Å². The molecule has 1 aromatic carbocycles. The molecule has 0 aliphatic heterocycles. The van der Waals surface area contributed by atoms with Crippen LogP contribution in [0.15, 0.2) is 24.3 Å². The van der Waals surface area contributed by atoms with Crippen molar-refractivity contribution in [2.45, 2.75) is 25.3 Å². The molecular formula is C11H14ClN. The molecule has 2 unspecified atom stereocenters. The summed E-state index contributed by atoms with van der Waals surface area (Å²) in [6.45, 7) is 0. The monoisotopic (exact) mass is 195 g/mol. The average molecular weight is 196 g/mol. The van der Waals surface area contributed by atoms with E-state index in [0.29, 0.717) is 12.0 Å². The first-order valence-corrected chi connectivity index (χ1v) is 5.13. The van der Waals surface area contributed by atoms with E-state index >= 15 is 0 Å². The van der Waals surface area contributed by atoms with Gasteiger partial charge < -0.3 is 5.73 Å². The van der Waals surface area contributed by atoms with Crippen molar-refractivity contribution < 1.29 is 0 Å². The highest BCUT2D eigenvalue weighted by atomic mass is 35.5. The first-order valence-electron chi connectivity index (χ1n) is 4.76. The highest BCUT2D eigenvalue weighted by Crippen LogP contribution is 2.29. The van der Waals surface area contributed by atoms with Crippen LogP contribution in [-0.4, -0.2) is 6.04 Å². The summed E-state index contributed by atoms with van der Waals surface area (Å²) in [5.74, 6) is 0.679. The molecule has 0 amide bonds. The maximum atomic E-state index is 5.89. The van der Waals surface area contributed by atoms with Gasteiger partial charge in [0, 0.05) is 11.1 Å². The van der Waals surface area contributed by atoms with E-state index in [9.17, 15) is 0 Å². The molecule has 13 heavy (non-hydrogen) atoms. The van der Waals surface area contributed by atoms with E-state index in [1.165, 1.54) is 18.4 Å². The van der Waals surface area contributed by atoms with Crippen LogP contribution >= 0.6 is 11.6 Å². The fraction of sp³-hybridized carbons (Fsp3) is 0.455. The Labute approximate surface area is 83.9 Å². The summed E-state index contributed by atoms with van der Waals surface area (Å²) in [5, 5.41) is 0.824. The number of rotatable bonds is 2. The van der Waals surface area contributed by atoms with Gasteiger partial charge in [0.15, 0.2) is 0 Å². The molecule has 0 aromatic heterocycles. The summed E-state index contributed by atoms with van der Waals surface area (Å²) < 4.78 is 0. The van der Waals surface area contributed by atoms with Gasteiger partial charge in [0.2, 0.25) is 0 Å². The van der Waals surface area contributed by atoms with E-state index in [4.69, 9.17) is 17.3 Å². The quantitative estimate of drug-likeness (QED) is 0.772. The van der Waals surface area contributed by atoms with E-state index < -0.39 is 0 Å². The highest BCUT2D eigenvalue weighted by molar-refractivity contribution is 6.30. The number of nitrogens with two attached hydrogens (primary N) is 1. The van der Waals surface area contributed by atoms with E-state index in [1.54, 1.807) is 0 Å². The lowest BCUT2D eigenvalue weighted by atomic mass is 9.76. The van der Waals surface area contributed by atoms with E-state index in [2.05, 4.69) is 6.07 Å². The van der Waals surface area contributed by atoms with E-state index in [-0.39, 0.29) is 0 Å². The van der Waals surface area contributed by atoms with Crippen molar-refractivity contribution in [3.63, 3.8) is 0 Å². The van der Waals surface area contributed by atoms with Crippen molar-refractivity contribution in [1.29, 1.82) is 0 Å². The Morgan fingerprint density at radius 1 is 1.38 bits per heavy atom. The first-order chi connectivity index (χ1) is 6.25. The van der Waals surface area contributed by atoms with Gasteiger partial charge in [0.25, 0.3) is 0 Å². The molecule has 1 aromatic rings. The molecule has 0 saturated heterocycles. The van der Waals surface area contributed by atoms with Crippen LogP contribution in [0.5, 0.6) is 0 Å². The first kappa shape index (κ1) is 9.04. The third kappa shape index (κ3) is 2.04. The van der Waals surface area contributed by atoms with Crippen molar-refractivity contribution in [3.8, 4) is 0 Å². The molecule has 2 heteroatoms. The summed E-state index contributed by atoms with van der Waals surface area (Å²) >= 11 is 5.89.